The largest absolute Gasteiger partial charge is 0.380 e. The number of ether oxygens (including phenoxy) is 1. The van der Waals surface area contributed by atoms with Gasteiger partial charge in [-0.15, -0.1) is 0 Å². The summed E-state index contributed by atoms with van der Waals surface area (Å²) in [7, 11) is 0. The normalized spacial score (nSPS) is 58.3. The van der Waals surface area contributed by atoms with Gasteiger partial charge >= 0.3 is 0 Å². The molecule has 1 N–H and O–H groups in total. The van der Waals surface area contributed by atoms with Crippen molar-refractivity contribution in [1.82, 2.24) is 5.32 Å². The van der Waals surface area contributed by atoms with Crippen LogP contribution in [0.25, 0.3) is 0 Å². The van der Waals surface area contributed by atoms with E-state index in [9.17, 15) is 0 Å². The van der Waals surface area contributed by atoms with E-state index in [1.54, 1.807) is 0 Å². The predicted octanol–water partition coefficient (Wildman–Crippen LogP) is 1.41. The molecule has 0 aromatic rings. The SMILES string of the molecule is C1C[C@@H]2C[C@@H]2C1NCC12COCC1C2. The maximum atomic E-state index is 5.52. The summed E-state index contributed by atoms with van der Waals surface area (Å²) in [6, 6.07) is 0.872. The Balaban J connectivity index is 1.34. The number of rotatable bonds is 3. The van der Waals surface area contributed by atoms with Gasteiger partial charge < -0.3 is 10.1 Å². The smallest absolute Gasteiger partial charge is 0.0538 e. The lowest BCUT2D eigenvalue weighted by Crippen LogP contribution is -2.35. The topological polar surface area (TPSA) is 21.3 Å². The van der Waals surface area contributed by atoms with Crippen molar-refractivity contribution >= 4 is 0 Å². The second kappa shape index (κ2) is 2.53. The zero-order valence-electron chi connectivity index (χ0n) is 8.67. The molecule has 0 spiro atoms. The second-order valence-electron chi connectivity index (χ2n) is 6.00. The minimum Gasteiger partial charge on any atom is -0.380 e. The van der Waals surface area contributed by atoms with Gasteiger partial charge in [0, 0.05) is 18.0 Å². The minimum absolute atomic E-state index is 0.590. The highest BCUT2D eigenvalue weighted by molar-refractivity contribution is 5.09. The fourth-order valence-electron chi connectivity index (χ4n) is 3.81. The molecule has 2 nitrogen and oxygen atoms in total. The van der Waals surface area contributed by atoms with E-state index >= 15 is 0 Å². The molecule has 4 fully saturated rings. The van der Waals surface area contributed by atoms with Crippen LogP contribution in [-0.2, 0) is 4.74 Å². The number of fused-ring (bicyclic) bond motifs is 2. The number of hydrogen-bond acceptors (Lipinski definition) is 2. The molecule has 3 aliphatic carbocycles. The molecule has 3 unspecified atom stereocenters. The van der Waals surface area contributed by atoms with Gasteiger partial charge in [-0.1, -0.05) is 0 Å². The molecule has 1 aliphatic heterocycles. The van der Waals surface area contributed by atoms with E-state index in [0.29, 0.717) is 5.41 Å². The first kappa shape index (κ1) is 8.12. The van der Waals surface area contributed by atoms with Gasteiger partial charge in [-0.3, -0.25) is 0 Å². The predicted molar refractivity (Wildman–Crippen MR) is 54.0 cm³/mol. The third-order valence-electron chi connectivity index (χ3n) is 5.13. The van der Waals surface area contributed by atoms with Crippen molar-refractivity contribution in [3.63, 3.8) is 0 Å². The molecule has 4 rings (SSSR count). The third kappa shape index (κ3) is 1.04. The van der Waals surface area contributed by atoms with Crippen LogP contribution < -0.4 is 5.32 Å². The van der Waals surface area contributed by atoms with Crippen LogP contribution in [0, 0.1) is 23.2 Å². The standard InChI is InChI=1S/C12H19NO/c1-2-11(10-3-8(1)10)13-6-12-4-9(12)5-14-7-12/h8-11,13H,1-7H2/t8-,9?,10+,11?,12?/m1/s1. The van der Waals surface area contributed by atoms with Gasteiger partial charge in [-0.25, -0.2) is 0 Å². The fraction of sp³-hybridized carbons (Fsp3) is 1.00. The van der Waals surface area contributed by atoms with Crippen molar-refractivity contribution < 1.29 is 4.74 Å². The Morgan fingerprint density at radius 1 is 1.36 bits per heavy atom. The minimum atomic E-state index is 0.590. The van der Waals surface area contributed by atoms with Gasteiger partial charge in [0.05, 0.1) is 13.2 Å². The molecule has 1 heterocycles. The third-order valence-corrected chi connectivity index (χ3v) is 5.13. The van der Waals surface area contributed by atoms with Gasteiger partial charge in [-0.05, 0) is 43.4 Å². The first-order valence-electron chi connectivity index (χ1n) is 6.19. The molecule has 14 heavy (non-hydrogen) atoms. The van der Waals surface area contributed by atoms with Crippen LogP contribution in [-0.4, -0.2) is 25.8 Å². The summed E-state index contributed by atoms with van der Waals surface area (Å²) in [5, 5.41) is 3.82. The van der Waals surface area contributed by atoms with Crippen LogP contribution in [0.15, 0.2) is 0 Å². The lowest BCUT2D eigenvalue weighted by Gasteiger charge is -2.18. The van der Waals surface area contributed by atoms with E-state index in [1.807, 2.05) is 0 Å². The molecule has 2 heteroatoms. The van der Waals surface area contributed by atoms with E-state index in [1.165, 1.54) is 32.2 Å². The Morgan fingerprint density at radius 2 is 2.36 bits per heavy atom. The van der Waals surface area contributed by atoms with E-state index in [4.69, 9.17) is 4.74 Å². The van der Waals surface area contributed by atoms with E-state index in [-0.39, 0.29) is 0 Å². The van der Waals surface area contributed by atoms with Gasteiger partial charge in [0.15, 0.2) is 0 Å². The van der Waals surface area contributed by atoms with Gasteiger partial charge in [0.2, 0.25) is 0 Å². The average Bonchev–Trinajstić information content (AvgIpc) is 3.05. The molecule has 3 saturated carbocycles. The van der Waals surface area contributed by atoms with Gasteiger partial charge in [0.25, 0.3) is 0 Å². The molecular formula is C12H19NO. The average molecular weight is 193 g/mol. The Kier molecular flexibility index (Phi) is 1.47. The van der Waals surface area contributed by atoms with Crippen molar-refractivity contribution in [1.29, 1.82) is 0 Å². The highest BCUT2D eigenvalue weighted by Crippen LogP contribution is 2.57. The Morgan fingerprint density at radius 3 is 2.93 bits per heavy atom. The lowest BCUT2D eigenvalue weighted by atomic mass is 10.1. The Bertz CT molecular complexity index is 267. The van der Waals surface area contributed by atoms with Crippen molar-refractivity contribution in [2.24, 2.45) is 23.2 Å². The molecule has 78 valence electrons. The van der Waals surface area contributed by atoms with Crippen molar-refractivity contribution in [2.75, 3.05) is 19.8 Å². The molecular weight excluding hydrogens is 174 g/mol. The Labute approximate surface area is 85.4 Å². The molecule has 1 saturated heterocycles. The zero-order chi connectivity index (χ0) is 9.17. The van der Waals surface area contributed by atoms with Crippen LogP contribution in [0.2, 0.25) is 0 Å². The van der Waals surface area contributed by atoms with Gasteiger partial charge in [-0.2, -0.15) is 0 Å². The second-order valence-corrected chi connectivity index (χ2v) is 6.00. The maximum Gasteiger partial charge on any atom is 0.0538 e. The number of hydrogen-bond donors (Lipinski definition) is 1. The highest BCUT2D eigenvalue weighted by atomic mass is 16.5. The fourth-order valence-corrected chi connectivity index (χ4v) is 3.81. The lowest BCUT2D eigenvalue weighted by molar-refractivity contribution is 0.144. The summed E-state index contributed by atoms with van der Waals surface area (Å²) in [5.41, 5.74) is 0.590. The van der Waals surface area contributed by atoms with Crippen molar-refractivity contribution in [3.05, 3.63) is 0 Å². The summed E-state index contributed by atoms with van der Waals surface area (Å²) in [6.07, 6.45) is 5.89. The molecule has 0 aromatic carbocycles. The molecule has 0 amide bonds. The first-order valence-corrected chi connectivity index (χ1v) is 6.19. The van der Waals surface area contributed by atoms with Gasteiger partial charge in [0.1, 0.15) is 0 Å². The summed E-state index contributed by atoms with van der Waals surface area (Å²) >= 11 is 0. The van der Waals surface area contributed by atoms with E-state index < -0.39 is 0 Å². The maximum absolute atomic E-state index is 5.52. The summed E-state index contributed by atoms with van der Waals surface area (Å²) in [5.74, 6) is 3.08. The Hall–Kier alpha value is -0.0800. The van der Waals surface area contributed by atoms with Crippen LogP contribution >= 0.6 is 0 Å². The number of nitrogens with one attached hydrogen (secondary N) is 1. The monoisotopic (exact) mass is 193 g/mol. The van der Waals surface area contributed by atoms with Crippen LogP contribution in [0.1, 0.15) is 25.7 Å². The zero-order valence-corrected chi connectivity index (χ0v) is 8.67. The van der Waals surface area contributed by atoms with Crippen molar-refractivity contribution in [2.45, 2.75) is 31.7 Å². The van der Waals surface area contributed by atoms with Crippen molar-refractivity contribution in [3.8, 4) is 0 Å². The van der Waals surface area contributed by atoms with Crippen LogP contribution in [0.5, 0.6) is 0 Å². The first-order chi connectivity index (χ1) is 6.87. The highest BCUT2D eigenvalue weighted by Gasteiger charge is 2.58. The van der Waals surface area contributed by atoms with Crippen LogP contribution in [0.3, 0.4) is 0 Å². The molecule has 0 radical (unpaired) electrons. The summed E-state index contributed by atoms with van der Waals surface area (Å²) in [6.45, 7) is 3.31. The molecule has 5 atom stereocenters. The molecule has 4 aliphatic rings. The summed E-state index contributed by atoms with van der Waals surface area (Å²) in [4.78, 5) is 0. The molecule has 0 aromatic heterocycles. The van der Waals surface area contributed by atoms with Crippen LogP contribution in [0.4, 0.5) is 0 Å². The summed E-state index contributed by atoms with van der Waals surface area (Å²) < 4.78 is 5.52. The quantitative estimate of drug-likeness (QED) is 0.731. The molecule has 0 bridgehead atoms. The van der Waals surface area contributed by atoms with E-state index in [0.717, 1.165) is 37.0 Å². The van der Waals surface area contributed by atoms with E-state index in [2.05, 4.69) is 5.32 Å².